The minimum Gasteiger partial charge on any atom is -0.507 e. The number of hydrogen-bond donors (Lipinski definition) is 4. The standard InChI is InChI=1S/C27H27N3O4.C18H25NO3.C15H14O3.CH4.ClH.HNO2.Na/c1-4-34-25-17-24(31)22(26(32)20-8-6-5-7-9-20)16-23(25)30-29-21-12-10-19(11-13-21)14-15-28-27(33)18(2)3;1-13(2)17(21)19-11-10-14-6-8-15(9-7-14)12-16(20)22-18(3,4)5;1-2-18-12-8-9-13(14(16)10-12)15(17)11-6-4-3-5-7-11;;;2-1-3;/h5-13,16-17,31H,2,4,14-15H2,1,3H3,(H,28,33);6-9H,1,10-12H2,2-5H3,(H,19,21);3-10,16H,2H2,1H3;1H4;1H;(H,2,3);/q;;;;;;+1/p-1. The quantitative estimate of drug-likeness (QED) is 0.0106. The van der Waals surface area contributed by atoms with Crippen LogP contribution in [0.1, 0.15) is 104 Å². The molecule has 6 aromatic rings. The molecule has 4 N–H and O–H groups in total. The summed E-state index contributed by atoms with van der Waals surface area (Å²) in [5.74, 6) is -0.381. The third-order valence-electron chi connectivity index (χ3n) is 10.4. The first-order valence-corrected chi connectivity index (χ1v) is 24.5. The van der Waals surface area contributed by atoms with Crippen LogP contribution in [0.5, 0.6) is 23.0 Å². The van der Waals surface area contributed by atoms with Crippen molar-refractivity contribution in [2.24, 2.45) is 15.6 Å². The topological polar surface area (TPSA) is 255 Å². The first-order chi connectivity index (χ1) is 36.7. The number of rotatable bonds is 20. The van der Waals surface area contributed by atoms with Crippen LogP contribution in [-0.2, 0) is 38.4 Å². The molecule has 2 amide bonds. The number of amides is 2. The van der Waals surface area contributed by atoms with Gasteiger partial charge in [0.2, 0.25) is 11.8 Å². The van der Waals surface area contributed by atoms with E-state index in [9.17, 15) is 34.2 Å². The summed E-state index contributed by atoms with van der Waals surface area (Å²) in [5, 5.41) is 43.4. The summed E-state index contributed by atoms with van der Waals surface area (Å²) in [7, 11) is 0. The molecule has 0 radical (unpaired) electrons. The molecule has 6 rings (SSSR count). The first kappa shape index (κ1) is 72.0. The fourth-order valence-corrected chi connectivity index (χ4v) is 6.69. The number of nitrogens with one attached hydrogen (secondary N) is 2. The zero-order chi connectivity index (χ0) is 56.9. The van der Waals surface area contributed by atoms with E-state index in [1.54, 1.807) is 74.5 Å². The van der Waals surface area contributed by atoms with Crippen molar-refractivity contribution in [3.63, 3.8) is 0 Å². The second-order valence-electron chi connectivity index (χ2n) is 17.9. The van der Waals surface area contributed by atoms with Gasteiger partial charge in [-0.05, 0) is 108 Å². The average molecular weight is 1120 g/mol. The van der Waals surface area contributed by atoms with Crippen molar-refractivity contribution in [1.29, 1.82) is 0 Å². The van der Waals surface area contributed by atoms with Crippen LogP contribution in [0.25, 0.3) is 0 Å². The predicted octanol–water partition coefficient (Wildman–Crippen LogP) is 9.81. The molecule has 0 atom stereocenters. The molecular weight excluding hydrogens is 1050 g/mol. The van der Waals surface area contributed by atoms with Crippen molar-refractivity contribution in [1.82, 2.24) is 10.6 Å². The maximum absolute atomic E-state index is 12.9. The third-order valence-corrected chi connectivity index (χ3v) is 10.4. The zero-order valence-corrected chi connectivity index (χ0v) is 48.7. The van der Waals surface area contributed by atoms with Crippen LogP contribution >= 0.6 is 12.4 Å². The Hall–Kier alpha value is -7.96. The van der Waals surface area contributed by atoms with Gasteiger partial charge in [0.15, 0.2) is 17.3 Å². The Balaban J connectivity index is 0.00000118. The van der Waals surface area contributed by atoms with Crippen molar-refractivity contribution < 1.29 is 78.0 Å². The van der Waals surface area contributed by atoms with Crippen LogP contribution in [0.2, 0.25) is 0 Å². The van der Waals surface area contributed by atoms with Gasteiger partial charge in [-0.3, -0.25) is 24.0 Å². The summed E-state index contributed by atoms with van der Waals surface area (Å²) in [6, 6.07) is 40.4. The van der Waals surface area contributed by atoms with E-state index in [1.807, 2.05) is 95.3 Å². The molecule has 0 bridgehead atoms. The minimum atomic E-state index is -0.460. The van der Waals surface area contributed by atoms with Gasteiger partial charge in [-0.25, -0.2) is 0 Å². The van der Waals surface area contributed by atoms with Crippen LogP contribution < -0.4 is 49.7 Å². The summed E-state index contributed by atoms with van der Waals surface area (Å²) in [4.78, 5) is 67.7. The van der Waals surface area contributed by atoms with Gasteiger partial charge in [-0.1, -0.05) is 118 Å². The number of phenols is 2. The third kappa shape index (κ3) is 26.1. The van der Waals surface area contributed by atoms with Crippen molar-refractivity contribution in [3.05, 3.63) is 213 Å². The van der Waals surface area contributed by atoms with E-state index >= 15 is 0 Å². The van der Waals surface area contributed by atoms with Crippen LogP contribution in [0.15, 0.2) is 179 Å². The molecule has 0 spiro atoms. The smallest absolute Gasteiger partial charge is 0.507 e. The van der Waals surface area contributed by atoms with Gasteiger partial charge in [0.1, 0.15) is 28.5 Å². The molecule has 0 saturated carbocycles. The summed E-state index contributed by atoms with van der Waals surface area (Å²) < 4.78 is 16.1. The van der Waals surface area contributed by atoms with Gasteiger partial charge < -0.3 is 45.2 Å². The first-order valence-electron chi connectivity index (χ1n) is 24.5. The molecule has 0 aliphatic carbocycles. The summed E-state index contributed by atoms with van der Waals surface area (Å²) in [5.41, 5.74) is 5.95. The maximum Gasteiger partial charge on any atom is 1.00 e. The Morgan fingerprint density at radius 1 is 0.613 bits per heavy atom. The molecule has 0 aromatic heterocycles. The Morgan fingerprint density at radius 2 is 1.05 bits per heavy atom. The summed E-state index contributed by atoms with van der Waals surface area (Å²) in [6.45, 7) is 21.8. The molecule has 0 unspecified atom stereocenters. The van der Waals surface area contributed by atoms with Gasteiger partial charge in [0.25, 0.3) is 0 Å². The number of ether oxygens (including phenoxy) is 3. The molecule has 0 heterocycles. The Labute approximate surface area is 497 Å². The SMILES string of the molecule is C.C=C(C)C(=O)NCCc1ccc(CC(=O)OC(C)(C)C)cc1.C=C(C)C(=O)NCCc1ccc(N=Nc2cc(C(=O)c3ccccc3)c(O)cc2OCC)cc1.CCOc1ccc(C(=O)c2ccccc2)c(O)c1.Cl.O=N[O-].[Na+]. The maximum atomic E-state index is 12.9. The number of phenolic OH excluding ortho intramolecular Hbond substituents is 2. The van der Waals surface area contributed by atoms with Gasteiger partial charge in [0.05, 0.1) is 36.4 Å². The molecule has 6 aromatic carbocycles. The molecule has 0 aliphatic heterocycles. The molecule has 0 saturated heterocycles. The van der Waals surface area contributed by atoms with Crippen molar-refractivity contribution >= 4 is 53.1 Å². The van der Waals surface area contributed by atoms with Crippen LogP contribution in [0, 0.1) is 10.1 Å². The average Bonchev–Trinajstić information content (AvgIpc) is 3.40. The van der Waals surface area contributed by atoms with Crippen molar-refractivity contribution in [2.45, 2.75) is 80.8 Å². The Morgan fingerprint density at radius 3 is 1.49 bits per heavy atom. The predicted molar refractivity (Wildman–Crippen MR) is 311 cm³/mol. The van der Waals surface area contributed by atoms with E-state index < -0.39 is 5.60 Å². The molecule has 19 heteroatoms. The molecular formula is C61H71ClN5NaO12. The van der Waals surface area contributed by atoms with E-state index in [1.165, 1.54) is 18.2 Å². The fraction of sp³-hybridized carbons (Fsp3) is 0.262. The molecule has 0 aliphatic rings. The largest absolute Gasteiger partial charge is 1.00 e. The second kappa shape index (κ2) is 37.8. The number of ketones is 2. The number of esters is 1. The molecule has 0 fully saturated rings. The summed E-state index contributed by atoms with van der Waals surface area (Å²) in [6.07, 6.45) is 1.68. The Bertz CT molecular complexity index is 2970. The van der Waals surface area contributed by atoms with Gasteiger partial charge in [0, 0.05) is 47.5 Å². The fourth-order valence-electron chi connectivity index (χ4n) is 6.69. The monoisotopic (exact) mass is 1120 g/mol. The van der Waals surface area contributed by atoms with Gasteiger partial charge in [-0.2, -0.15) is 5.11 Å². The summed E-state index contributed by atoms with van der Waals surface area (Å²) >= 11 is 0. The van der Waals surface area contributed by atoms with Gasteiger partial charge in [-0.15, -0.1) is 22.9 Å². The number of carbonyl (C=O) groups is 5. The van der Waals surface area contributed by atoms with E-state index in [4.69, 9.17) is 24.3 Å². The van der Waals surface area contributed by atoms with Crippen LogP contribution in [0.4, 0.5) is 11.4 Å². The normalized spacial score (nSPS) is 9.99. The van der Waals surface area contributed by atoms with Crippen LogP contribution in [0.3, 0.4) is 0 Å². The number of nitrogens with zero attached hydrogens (tertiary/aromatic N) is 3. The zero-order valence-electron chi connectivity index (χ0n) is 45.9. The number of azo groups is 1. The van der Waals surface area contributed by atoms with Crippen LogP contribution in [-0.4, -0.2) is 71.5 Å². The number of carbonyl (C=O) groups excluding carboxylic acids is 5. The molecule has 420 valence electrons. The Kier molecular flexibility index (Phi) is 34.0. The van der Waals surface area contributed by atoms with Crippen molar-refractivity contribution in [2.75, 3.05) is 26.3 Å². The molecule has 17 nitrogen and oxygen atoms in total. The number of aromatic hydroxyl groups is 2. The minimum absolute atomic E-state index is 0. The molecule has 80 heavy (non-hydrogen) atoms. The van der Waals surface area contributed by atoms with E-state index in [-0.39, 0.29) is 108 Å². The number of hydrogen-bond acceptors (Lipinski definition) is 15. The second-order valence-corrected chi connectivity index (χ2v) is 17.9. The van der Waals surface area contributed by atoms with Crippen molar-refractivity contribution in [3.8, 4) is 23.0 Å². The van der Waals surface area contributed by atoms with E-state index in [0.29, 0.717) is 77.9 Å². The van der Waals surface area contributed by atoms with E-state index in [0.717, 1.165) is 28.5 Å². The van der Waals surface area contributed by atoms with Gasteiger partial charge >= 0.3 is 35.5 Å². The number of benzene rings is 6. The van der Waals surface area contributed by atoms with E-state index in [2.05, 4.69) is 34.0 Å². The number of halogens is 1.